The molecule has 10 atom stereocenters. The number of ketones is 1. The van der Waals surface area contributed by atoms with E-state index >= 15 is 4.79 Å². The lowest BCUT2D eigenvalue weighted by atomic mass is 9.82. The molecule has 0 radical (unpaired) electrons. The summed E-state index contributed by atoms with van der Waals surface area (Å²) in [5.74, 6) is -0.262. The van der Waals surface area contributed by atoms with Gasteiger partial charge >= 0.3 is 5.97 Å². The minimum Gasteiger partial charge on any atom is -0.497 e. The van der Waals surface area contributed by atoms with Crippen LogP contribution in [0.2, 0.25) is 5.02 Å². The van der Waals surface area contributed by atoms with Gasteiger partial charge in [-0.1, -0.05) is 37.6 Å². The van der Waals surface area contributed by atoms with Gasteiger partial charge in [0.1, 0.15) is 23.7 Å². The second-order valence-corrected chi connectivity index (χ2v) is 21.9. The summed E-state index contributed by atoms with van der Waals surface area (Å²) < 4.78 is 52.2. The van der Waals surface area contributed by atoms with Crippen molar-refractivity contribution in [2.75, 3.05) is 20.8 Å². The zero-order valence-corrected chi connectivity index (χ0v) is 38.5. The predicted molar refractivity (Wildman–Crippen MR) is 240 cm³/mol. The fourth-order valence-electron chi connectivity index (χ4n) is 10.7. The van der Waals surface area contributed by atoms with E-state index in [1.54, 1.807) is 31.3 Å². The van der Waals surface area contributed by atoms with Gasteiger partial charge in [-0.05, 0) is 135 Å². The summed E-state index contributed by atoms with van der Waals surface area (Å²) in [5.41, 5.74) is -0.0147. The SMILES string of the molecule is COc1ccc2c(O[C@@H]3C[C@H]4C(=O)C[C@]5(C(=O)NS(=O)(=O)C6CC6)C[C@H]5/C=C\CC[C@H](C)C[C@@H](C)[C@H](CC(=O)OC5C[C@@H]6C[C@@H]6C5)C(=O)N4C3)nc(-c3ccc(OC)c(Cl)c3)cc2c1. The quantitative estimate of drug-likeness (QED) is 0.147. The average Bonchev–Trinajstić information content (AvgIpc) is 4.23. The molecular formula is C49H58ClN3O10S. The highest BCUT2D eigenvalue weighted by Gasteiger charge is 2.62. The number of aromatic nitrogens is 1. The number of allylic oxidation sites excluding steroid dienone is 2. The maximum Gasteiger partial charge on any atom is 0.306 e. The predicted octanol–water partition coefficient (Wildman–Crippen LogP) is 7.85. The summed E-state index contributed by atoms with van der Waals surface area (Å²) >= 11 is 6.56. The van der Waals surface area contributed by atoms with Crippen molar-refractivity contribution in [2.24, 2.45) is 40.9 Å². The number of carbonyl (C=O) groups is 4. The van der Waals surface area contributed by atoms with Crippen molar-refractivity contribution in [3.05, 3.63) is 59.6 Å². The molecule has 4 aliphatic carbocycles. The van der Waals surface area contributed by atoms with Gasteiger partial charge < -0.3 is 23.8 Å². The van der Waals surface area contributed by atoms with Crippen LogP contribution in [0.1, 0.15) is 90.9 Å². The van der Waals surface area contributed by atoms with E-state index in [4.69, 9.17) is 35.5 Å². The second kappa shape index (κ2) is 17.6. The Morgan fingerprint density at radius 3 is 2.44 bits per heavy atom. The minimum atomic E-state index is -3.89. The van der Waals surface area contributed by atoms with E-state index in [1.807, 2.05) is 49.4 Å². The lowest BCUT2D eigenvalue weighted by molar-refractivity contribution is -0.155. The molecule has 4 saturated carbocycles. The Hall–Kier alpha value is -4.69. The van der Waals surface area contributed by atoms with Crippen LogP contribution >= 0.6 is 11.6 Å². The highest BCUT2D eigenvalue weighted by Crippen LogP contribution is 2.57. The summed E-state index contributed by atoms with van der Waals surface area (Å²) in [4.78, 5) is 64.5. The Kier molecular flexibility index (Phi) is 12.2. The van der Waals surface area contributed by atoms with Crippen molar-refractivity contribution < 1.29 is 46.5 Å². The number of amides is 2. The van der Waals surface area contributed by atoms with Crippen molar-refractivity contribution in [3.8, 4) is 28.6 Å². The van der Waals surface area contributed by atoms with Gasteiger partial charge in [-0.3, -0.25) is 23.9 Å². The third-order valence-electron chi connectivity index (χ3n) is 14.8. The second-order valence-electron chi connectivity index (χ2n) is 19.5. The van der Waals surface area contributed by atoms with Crippen LogP contribution in [-0.4, -0.2) is 86.1 Å². The van der Waals surface area contributed by atoms with E-state index in [-0.39, 0.29) is 67.2 Å². The number of nitrogens with zero attached hydrogens (tertiary/aromatic N) is 2. The number of rotatable bonds is 11. The van der Waals surface area contributed by atoms with E-state index in [2.05, 4.69) is 11.6 Å². The number of sulfonamides is 1. The monoisotopic (exact) mass is 915 g/mol. The molecule has 9 rings (SSSR count). The Morgan fingerprint density at radius 1 is 0.938 bits per heavy atom. The standard InChI is InChI=1S/C49H58ClN3O10S/c1-27-7-5-6-8-33-24-49(33,48(57)52-64(58,59)37-11-12-37)25-43(54)42-22-36(26-53(42)47(56)39(28(2)15-27)23-45(55)62-35-17-30-16-31(30)18-35)63-46-38-13-10-34(60-3)19-32(38)21-41(51-46)29-9-14-44(61-4)40(50)20-29/h6,8-10,13-14,19-21,27-28,30-31,33,35-37,39,42H,5,7,11-12,15-18,22-26H2,1-4H3,(H,52,57)/b8-6-/t27-,28+,30-,31+,33+,35?,36+,39-,42-,49+/m0/s1. The van der Waals surface area contributed by atoms with Crippen LogP contribution in [0.5, 0.6) is 17.4 Å². The number of hydrogen-bond donors (Lipinski definition) is 1. The number of Topliss-reactive ketones (excluding diaryl/α,β-unsaturated/α-hetero) is 1. The van der Waals surface area contributed by atoms with Crippen LogP contribution in [0.15, 0.2) is 54.6 Å². The molecule has 0 bridgehead atoms. The summed E-state index contributed by atoms with van der Waals surface area (Å²) in [7, 11) is -0.758. The first kappa shape index (κ1) is 44.5. The Balaban J connectivity index is 1.06. The van der Waals surface area contributed by atoms with Crippen LogP contribution in [0, 0.1) is 40.9 Å². The molecule has 3 heterocycles. The zero-order valence-electron chi connectivity index (χ0n) is 36.9. The smallest absolute Gasteiger partial charge is 0.306 e. The molecule has 1 unspecified atom stereocenters. The average molecular weight is 917 g/mol. The van der Waals surface area contributed by atoms with E-state index in [9.17, 15) is 22.8 Å². The molecule has 0 spiro atoms. The van der Waals surface area contributed by atoms with Crippen molar-refractivity contribution in [2.45, 2.75) is 114 Å². The number of halogens is 1. The highest BCUT2D eigenvalue weighted by atomic mass is 35.5. The summed E-state index contributed by atoms with van der Waals surface area (Å²) in [6, 6.07) is 11.8. The normalized spacial score (nSPS) is 32.0. The molecule has 1 N–H and O–H groups in total. The van der Waals surface area contributed by atoms with E-state index in [0.717, 1.165) is 31.1 Å². The number of nitrogens with one attached hydrogen (secondary N) is 1. The lowest BCUT2D eigenvalue weighted by Gasteiger charge is -2.32. The lowest BCUT2D eigenvalue weighted by Crippen LogP contribution is -2.47. The first-order valence-corrected chi connectivity index (χ1v) is 24.8. The number of hydrogen-bond acceptors (Lipinski definition) is 11. The Bertz CT molecular complexity index is 2480. The number of ether oxygens (including phenoxy) is 4. The third-order valence-corrected chi connectivity index (χ3v) is 16.9. The highest BCUT2D eigenvalue weighted by molar-refractivity contribution is 7.90. The first-order chi connectivity index (χ1) is 30.6. The molecule has 2 amide bonds. The van der Waals surface area contributed by atoms with Crippen molar-refractivity contribution in [1.29, 1.82) is 0 Å². The van der Waals surface area contributed by atoms with Gasteiger partial charge in [0.2, 0.25) is 27.7 Å². The number of carbonyl (C=O) groups excluding carboxylic acids is 4. The molecule has 342 valence electrons. The van der Waals surface area contributed by atoms with E-state index in [1.165, 1.54) is 6.42 Å². The van der Waals surface area contributed by atoms with Crippen molar-refractivity contribution in [3.63, 3.8) is 0 Å². The van der Waals surface area contributed by atoms with Gasteiger partial charge in [0.15, 0.2) is 5.78 Å². The molecule has 2 aliphatic heterocycles. The number of benzene rings is 2. The maximum absolute atomic E-state index is 15.2. The van der Waals surface area contributed by atoms with E-state index < -0.39 is 50.6 Å². The van der Waals surface area contributed by atoms with Crippen LogP contribution in [-0.2, 0) is 33.9 Å². The molecular weight excluding hydrogens is 858 g/mol. The van der Waals surface area contributed by atoms with E-state index in [0.29, 0.717) is 70.7 Å². The van der Waals surface area contributed by atoms with Crippen LogP contribution in [0.3, 0.4) is 0 Å². The molecule has 1 saturated heterocycles. The molecule has 13 nitrogen and oxygen atoms in total. The summed E-state index contributed by atoms with van der Waals surface area (Å²) in [6.07, 6.45) is 9.24. The number of methoxy groups -OCH3 is 2. The topological polar surface area (TPSA) is 167 Å². The third kappa shape index (κ3) is 9.23. The summed E-state index contributed by atoms with van der Waals surface area (Å²) in [6.45, 7) is 4.16. The molecule has 3 aromatic rings. The van der Waals surface area contributed by atoms with Gasteiger partial charge in [-0.25, -0.2) is 13.4 Å². The zero-order chi connectivity index (χ0) is 45.1. The number of pyridine rings is 1. The Labute approximate surface area is 380 Å². The number of fused-ring (bicyclic) bond motifs is 4. The molecule has 1 aromatic heterocycles. The van der Waals surface area contributed by atoms with Gasteiger partial charge in [0.25, 0.3) is 0 Å². The molecule has 64 heavy (non-hydrogen) atoms. The van der Waals surface area contributed by atoms with Gasteiger partial charge in [0, 0.05) is 23.8 Å². The van der Waals surface area contributed by atoms with Crippen molar-refractivity contribution >= 4 is 56.0 Å². The maximum atomic E-state index is 15.2. The van der Waals surface area contributed by atoms with Crippen LogP contribution in [0.4, 0.5) is 0 Å². The minimum absolute atomic E-state index is 0.0194. The largest absolute Gasteiger partial charge is 0.497 e. The fourth-order valence-corrected chi connectivity index (χ4v) is 12.4. The molecule has 15 heteroatoms. The van der Waals surface area contributed by atoms with Crippen LogP contribution in [0.25, 0.3) is 22.0 Å². The number of esters is 1. The fraction of sp³-hybridized carbons (Fsp3) is 0.571. The first-order valence-electron chi connectivity index (χ1n) is 22.9. The molecule has 2 aromatic carbocycles. The van der Waals surface area contributed by atoms with Crippen LogP contribution < -0.4 is 18.9 Å². The molecule has 5 fully saturated rings. The van der Waals surface area contributed by atoms with Gasteiger partial charge in [-0.2, -0.15) is 0 Å². The molecule has 6 aliphatic rings. The van der Waals surface area contributed by atoms with Gasteiger partial charge in [-0.15, -0.1) is 0 Å². The Morgan fingerprint density at radius 2 is 1.72 bits per heavy atom. The van der Waals surface area contributed by atoms with Crippen molar-refractivity contribution in [1.82, 2.24) is 14.6 Å². The summed E-state index contributed by atoms with van der Waals surface area (Å²) in [5, 5.41) is 1.24. The van der Waals surface area contributed by atoms with Gasteiger partial charge in [0.05, 0.1) is 60.5 Å².